The van der Waals surface area contributed by atoms with Gasteiger partial charge in [0, 0.05) is 49.5 Å². The van der Waals surface area contributed by atoms with E-state index in [1.54, 1.807) is 12.4 Å². The summed E-state index contributed by atoms with van der Waals surface area (Å²) in [4.78, 5) is 23.0. The molecule has 128 valence electrons. The standard InChI is InChI=1S/C17H22N4O2S/c1-11-5-13(16-3-4-18-6-14(16)10-22)8-21(11)9-15-7-19-17(24-15)20-12(2)23/h3-4,6-7,11,13,22H,5,8-10H2,1-2H3,(H,19,20,23). The molecular formula is C17H22N4O2S. The van der Waals surface area contributed by atoms with Gasteiger partial charge in [-0.1, -0.05) is 0 Å². The summed E-state index contributed by atoms with van der Waals surface area (Å²) >= 11 is 1.52. The lowest BCUT2D eigenvalue weighted by Gasteiger charge is -2.19. The number of carbonyl (C=O) groups excluding carboxylic acids is 1. The number of rotatable bonds is 5. The van der Waals surface area contributed by atoms with Gasteiger partial charge < -0.3 is 10.4 Å². The maximum atomic E-state index is 11.1. The number of aromatic nitrogens is 2. The second-order valence-corrected chi connectivity index (χ2v) is 7.37. The Labute approximate surface area is 145 Å². The molecular weight excluding hydrogens is 324 g/mol. The first kappa shape index (κ1) is 17.0. The Kier molecular flexibility index (Phi) is 5.23. The molecule has 2 N–H and O–H groups in total. The van der Waals surface area contributed by atoms with Gasteiger partial charge in [0.05, 0.1) is 6.61 Å². The maximum Gasteiger partial charge on any atom is 0.223 e. The minimum absolute atomic E-state index is 0.0307. The lowest BCUT2D eigenvalue weighted by Crippen LogP contribution is -2.26. The number of pyridine rings is 1. The Bertz CT molecular complexity index is 718. The summed E-state index contributed by atoms with van der Waals surface area (Å²) in [7, 11) is 0. The van der Waals surface area contributed by atoms with Gasteiger partial charge in [-0.2, -0.15) is 0 Å². The molecule has 0 spiro atoms. The fourth-order valence-electron chi connectivity index (χ4n) is 3.30. The van der Waals surface area contributed by atoms with Crippen molar-refractivity contribution in [3.05, 3.63) is 40.7 Å². The molecule has 0 aromatic carbocycles. The molecule has 2 aromatic rings. The smallest absolute Gasteiger partial charge is 0.223 e. The SMILES string of the molecule is CC(=O)Nc1ncc(CN2CC(c3ccncc3CO)CC2C)s1. The van der Waals surface area contributed by atoms with Crippen molar-refractivity contribution >= 4 is 22.4 Å². The Morgan fingerprint density at radius 3 is 3.08 bits per heavy atom. The van der Waals surface area contributed by atoms with Crippen LogP contribution in [-0.4, -0.2) is 38.5 Å². The number of carbonyl (C=O) groups is 1. The lowest BCUT2D eigenvalue weighted by molar-refractivity contribution is -0.114. The molecule has 2 aromatic heterocycles. The third kappa shape index (κ3) is 3.80. The van der Waals surface area contributed by atoms with Crippen LogP contribution in [-0.2, 0) is 17.9 Å². The van der Waals surface area contributed by atoms with Crippen molar-refractivity contribution in [2.45, 2.75) is 45.4 Å². The van der Waals surface area contributed by atoms with Crippen LogP contribution in [0.3, 0.4) is 0 Å². The number of hydrogen-bond donors (Lipinski definition) is 2. The number of thiazole rings is 1. The van der Waals surface area contributed by atoms with Gasteiger partial charge in [-0.25, -0.2) is 4.98 Å². The molecule has 1 amide bonds. The van der Waals surface area contributed by atoms with Crippen molar-refractivity contribution in [3.8, 4) is 0 Å². The summed E-state index contributed by atoms with van der Waals surface area (Å²) < 4.78 is 0. The molecule has 6 nitrogen and oxygen atoms in total. The van der Waals surface area contributed by atoms with Gasteiger partial charge in [-0.15, -0.1) is 11.3 Å². The maximum absolute atomic E-state index is 11.1. The van der Waals surface area contributed by atoms with E-state index in [1.807, 2.05) is 12.3 Å². The summed E-state index contributed by atoms with van der Waals surface area (Å²) in [5.74, 6) is 0.313. The van der Waals surface area contributed by atoms with Gasteiger partial charge in [0.2, 0.25) is 5.91 Å². The Morgan fingerprint density at radius 1 is 1.50 bits per heavy atom. The highest BCUT2D eigenvalue weighted by Crippen LogP contribution is 2.34. The molecule has 1 saturated heterocycles. The molecule has 0 bridgehead atoms. The van der Waals surface area contributed by atoms with Crippen LogP contribution in [0.4, 0.5) is 5.13 Å². The van der Waals surface area contributed by atoms with Crippen molar-refractivity contribution in [3.63, 3.8) is 0 Å². The molecule has 0 aliphatic carbocycles. The number of anilines is 1. The van der Waals surface area contributed by atoms with Crippen molar-refractivity contribution < 1.29 is 9.90 Å². The zero-order chi connectivity index (χ0) is 17.1. The molecule has 0 radical (unpaired) electrons. The average Bonchev–Trinajstić information content (AvgIpc) is 3.14. The number of aliphatic hydroxyl groups is 1. The summed E-state index contributed by atoms with van der Waals surface area (Å²) in [6.07, 6.45) is 6.45. The van der Waals surface area contributed by atoms with Crippen LogP contribution < -0.4 is 5.32 Å². The summed E-state index contributed by atoms with van der Waals surface area (Å²) in [5.41, 5.74) is 2.12. The second kappa shape index (κ2) is 7.38. The lowest BCUT2D eigenvalue weighted by atomic mass is 9.94. The first-order chi connectivity index (χ1) is 11.6. The molecule has 1 aliphatic rings. The highest BCUT2D eigenvalue weighted by atomic mass is 32.1. The second-order valence-electron chi connectivity index (χ2n) is 6.26. The summed E-state index contributed by atoms with van der Waals surface area (Å²) in [5, 5.41) is 12.9. The third-order valence-electron chi connectivity index (χ3n) is 4.45. The largest absolute Gasteiger partial charge is 0.392 e. The van der Waals surface area contributed by atoms with E-state index in [2.05, 4.69) is 27.1 Å². The van der Waals surface area contributed by atoms with Gasteiger partial charge in [0.25, 0.3) is 0 Å². The van der Waals surface area contributed by atoms with Gasteiger partial charge in [-0.3, -0.25) is 14.7 Å². The van der Waals surface area contributed by atoms with Crippen LogP contribution in [0.25, 0.3) is 0 Å². The zero-order valence-corrected chi connectivity index (χ0v) is 14.7. The van der Waals surface area contributed by atoms with Crippen LogP contribution in [0.5, 0.6) is 0 Å². The Balaban J connectivity index is 1.68. The van der Waals surface area contributed by atoms with Crippen LogP contribution in [0.15, 0.2) is 24.7 Å². The molecule has 0 saturated carbocycles. The van der Waals surface area contributed by atoms with E-state index in [0.717, 1.165) is 30.0 Å². The van der Waals surface area contributed by atoms with E-state index in [-0.39, 0.29) is 12.5 Å². The van der Waals surface area contributed by atoms with Gasteiger partial charge in [-0.05, 0) is 36.5 Å². The molecule has 3 rings (SSSR count). The number of aliphatic hydroxyl groups excluding tert-OH is 1. The molecule has 1 fully saturated rings. The van der Waals surface area contributed by atoms with Gasteiger partial charge >= 0.3 is 0 Å². The number of nitrogens with zero attached hydrogens (tertiary/aromatic N) is 3. The monoisotopic (exact) mass is 346 g/mol. The topological polar surface area (TPSA) is 78.4 Å². The fourth-order valence-corrected chi connectivity index (χ4v) is 4.19. The van der Waals surface area contributed by atoms with Crippen LogP contribution in [0, 0.1) is 0 Å². The van der Waals surface area contributed by atoms with E-state index in [0.29, 0.717) is 17.1 Å². The number of hydrogen-bond acceptors (Lipinski definition) is 6. The Hall–Kier alpha value is -1.83. The van der Waals surface area contributed by atoms with E-state index in [9.17, 15) is 9.90 Å². The minimum Gasteiger partial charge on any atom is -0.392 e. The van der Waals surface area contributed by atoms with Crippen molar-refractivity contribution in [2.75, 3.05) is 11.9 Å². The first-order valence-corrected chi connectivity index (χ1v) is 8.88. The normalized spacial score (nSPS) is 21.1. The van der Waals surface area contributed by atoms with E-state index in [1.165, 1.54) is 23.8 Å². The molecule has 2 unspecified atom stereocenters. The number of likely N-dealkylation sites (tertiary alicyclic amines) is 1. The molecule has 2 atom stereocenters. The number of nitrogens with one attached hydrogen (secondary N) is 1. The highest BCUT2D eigenvalue weighted by molar-refractivity contribution is 7.15. The van der Waals surface area contributed by atoms with Crippen LogP contribution in [0.2, 0.25) is 0 Å². The minimum atomic E-state index is -0.0975. The number of amides is 1. The molecule has 3 heterocycles. The third-order valence-corrected chi connectivity index (χ3v) is 5.35. The van der Waals surface area contributed by atoms with E-state index < -0.39 is 0 Å². The molecule has 24 heavy (non-hydrogen) atoms. The molecule has 7 heteroatoms. The Morgan fingerprint density at radius 2 is 2.33 bits per heavy atom. The van der Waals surface area contributed by atoms with E-state index in [4.69, 9.17) is 0 Å². The van der Waals surface area contributed by atoms with Gasteiger partial charge in [0.1, 0.15) is 0 Å². The van der Waals surface area contributed by atoms with Crippen LogP contribution in [0.1, 0.15) is 42.2 Å². The summed E-state index contributed by atoms with van der Waals surface area (Å²) in [6.45, 7) is 5.53. The quantitative estimate of drug-likeness (QED) is 0.869. The predicted molar refractivity (Wildman–Crippen MR) is 93.8 cm³/mol. The van der Waals surface area contributed by atoms with Gasteiger partial charge in [0.15, 0.2) is 5.13 Å². The van der Waals surface area contributed by atoms with Crippen molar-refractivity contribution in [2.24, 2.45) is 0 Å². The summed E-state index contributed by atoms with van der Waals surface area (Å²) in [6, 6.07) is 2.48. The zero-order valence-electron chi connectivity index (χ0n) is 13.9. The average molecular weight is 346 g/mol. The van der Waals surface area contributed by atoms with Crippen molar-refractivity contribution in [1.29, 1.82) is 0 Å². The molecule has 1 aliphatic heterocycles. The van der Waals surface area contributed by atoms with Crippen LogP contribution >= 0.6 is 11.3 Å². The highest BCUT2D eigenvalue weighted by Gasteiger charge is 2.31. The van der Waals surface area contributed by atoms with E-state index >= 15 is 0 Å². The fraction of sp³-hybridized carbons (Fsp3) is 0.471. The van der Waals surface area contributed by atoms with Crippen molar-refractivity contribution in [1.82, 2.24) is 14.9 Å². The predicted octanol–water partition coefficient (Wildman–Crippen LogP) is 2.37. The first-order valence-electron chi connectivity index (χ1n) is 8.06.